The average Bonchev–Trinajstić information content (AvgIpc) is 3.15. The molecule has 1 heterocycles. The number of carbonyl (C=O) groups excluding carboxylic acids is 1. The van der Waals surface area contributed by atoms with Gasteiger partial charge in [-0.1, -0.05) is 78.9 Å². The molecule has 5 aromatic rings. The van der Waals surface area contributed by atoms with Crippen LogP contribution in [0.15, 0.2) is 127 Å². The van der Waals surface area contributed by atoms with Gasteiger partial charge in [0.05, 0.1) is 25.4 Å². The normalized spacial score (nSPS) is 17.3. The summed E-state index contributed by atoms with van der Waals surface area (Å²) in [6, 6.07) is 40.6. The van der Waals surface area contributed by atoms with Gasteiger partial charge in [-0.2, -0.15) is 11.8 Å². The highest BCUT2D eigenvalue weighted by Crippen LogP contribution is 2.39. The van der Waals surface area contributed by atoms with Gasteiger partial charge >= 0.3 is 6.03 Å². The molecule has 2 amide bonds. The predicted molar refractivity (Wildman–Crippen MR) is 194 cm³/mol. The van der Waals surface area contributed by atoms with Crippen molar-refractivity contribution in [3.63, 3.8) is 0 Å². The zero-order chi connectivity index (χ0) is 33.8. The highest BCUT2D eigenvalue weighted by molar-refractivity contribution is 7.99. The standard InChI is InChI=1S/C40H40N2O6S/c43-20-21-49-27-37-24-38(30-14-12-28(26-44)13-15-30)48-39(47-37)33-9-5-8-32(23-33)31-7-4-6-29(22-31)25-41-40(45)42-34-16-18-36(19-17-34)46-35-10-2-1-3-11-35/h1-19,22-23,37-39,43-44H,20-21,24-27H2,(H2,41,42,45). The molecule has 6 rings (SSSR count). The Kier molecular flexibility index (Phi) is 12.0. The number of para-hydroxylation sites is 1. The fraction of sp³-hybridized carbons (Fsp3) is 0.225. The number of carbonyl (C=O) groups is 1. The molecule has 4 N–H and O–H groups in total. The van der Waals surface area contributed by atoms with Gasteiger partial charge in [-0.15, -0.1) is 0 Å². The minimum Gasteiger partial charge on any atom is -0.457 e. The van der Waals surface area contributed by atoms with Crippen LogP contribution in [0.3, 0.4) is 0 Å². The Balaban J connectivity index is 1.09. The van der Waals surface area contributed by atoms with Gasteiger partial charge in [0, 0.05) is 35.7 Å². The van der Waals surface area contributed by atoms with E-state index in [1.54, 1.807) is 23.9 Å². The van der Waals surface area contributed by atoms with Crippen LogP contribution in [0.4, 0.5) is 10.5 Å². The first-order valence-corrected chi connectivity index (χ1v) is 17.5. The summed E-state index contributed by atoms with van der Waals surface area (Å²) in [6.07, 6.45) is -0.0917. The largest absolute Gasteiger partial charge is 0.457 e. The first-order valence-electron chi connectivity index (χ1n) is 16.3. The Morgan fingerprint density at radius 2 is 1.49 bits per heavy atom. The lowest BCUT2D eigenvalue weighted by Crippen LogP contribution is -2.31. The Labute approximate surface area is 291 Å². The Hall–Kier alpha value is -4.64. The van der Waals surface area contributed by atoms with E-state index in [9.17, 15) is 15.0 Å². The van der Waals surface area contributed by atoms with E-state index in [0.29, 0.717) is 30.2 Å². The van der Waals surface area contributed by atoms with Crippen LogP contribution in [-0.4, -0.2) is 40.5 Å². The monoisotopic (exact) mass is 676 g/mol. The molecule has 0 aliphatic carbocycles. The molecule has 0 aromatic heterocycles. The Morgan fingerprint density at radius 3 is 2.24 bits per heavy atom. The highest BCUT2D eigenvalue weighted by atomic mass is 32.2. The number of benzene rings is 5. The van der Waals surface area contributed by atoms with Crippen LogP contribution in [-0.2, 0) is 22.6 Å². The molecule has 1 saturated heterocycles. The molecule has 0 bridgehead atoms. The third kappa shape index (κ3) is 9.72. The van der Waals surface area contributed by atoms with Crippen molar-refractivity contribution in [2.75, 3.05) is 23.4 Å². The van der Waals surface area contributed by atoms with E-state index in [-0.39, 0.29) is 31.5 Å². The molecule has 5 aromatic carbocycles. The molecule has 3 atom stereocenters. The highest BCUT2D eigenvalue weighted by Gasteiger charge is 2.32. The van der Waals surface area contributed by atoms with Crippen molar-refractivity contribution in [2.24, 2.45) is 0 Å². The second kappa shape index (κ2) is 17.1. The molecule has 252 valence electrons. The third-order valence-corrected chi connectivity index (χ3v) is 9.20. The van der Waals surface area contributed by atoms with E-state index in [0.717, 1.165) is 44.9 Å². The number of ether oxygens (including phenoxy) is 3. The predicted octanol–water partition coefficient (Wildman–Crippen LogP) is 8.23. The van der Waals surface area contributed by atoms with Crippen LogP contribution in [0.25, 0.3) is 11.1 Å². The topological polar surface area (TPSA) is 109 Å². The van der Waals surface area contributed by atoms with Crippen LogP contribution in [0.5, 0.6) is 11.5 Å². The number of nitrogens with one attached hydrogen (secondary N) is 2. The van der Waals surface area contributed by atoms with Crippen LogP contribution >= 0.6 is 11.8 Å². The first kappa shape index (κ1) is 34.2. The number of hydrogen-bond acceptors (Lipinski definition) is 7. The zero-order valence-corrected chi connectivity index (χ0v) is 27.9. The first-order chi connectivity index (χ1) is 24.1. The van der Waals surface area contributed by atoms with Gasteiger partial charge in [-0.25, -0.2) is 4.79 Å². The summed E-state index contributed by atoms with van der Waals surface area (Å²) in [4.78, 5) is 12.7. The molecule has 0 spiro atoms. The molecular weight excluding hydrogens is 637 g/mol. The third-order valence-electron chi connectivity index (χ3n) is 8.12. The molecule has 0 saturated carbocycles. The number of thioether (sulfide) groups is 1. The van der Waals surface area contributed by atoms with Gasteiger partial charge in [0.2, 0.25) is 0 Å². The smallest absolute Gasteiger partial charge is 0.319 e. The minimum absolute atomic E-state index is 0.00427. The molecule has 1 aliphatic heterocycles. The van der Waals surface area contributed by atoms with E-state index in [2.05, 4.69) is 28.8 Å². The molecule has 3 unspecified atom stereocenters. The fourth-order valence-corrected chi connectivity index (χ4v) is 6.39. The average molecular weight is 677 g/mol. The van der Waals surface area contributed by atoms with E-state index >= 15 is 0 Å². The fourth-order valence-electron chi connectivity index (χ4n) is 5.62. The van der Waals surface area contributed by atoms with Gasteiger partial charge in [0.1, 0.15) is 11.5 Å². The summed E-state index contributed by atoms with van der Waals surface area (Å²) in [6.45, 7) is 0.479. The van der Waals surface area contributed by atoms with E-state index in [1.165, 1.54) is 0 Å². The summed E-state index contributed by atoms with van der Waals surface area (Å²) < 4.78 is 18.8. The Bertz CT molecular complexity index is 1790. The van der Waals surface area contributed by atoms with Crippen LogP contribution in [0.2, 0.25) is 0 Å². The molecule has 0 radical (unpaired) electrons. The maximum absolute atomic E-state index is 12.7. The van der Waals surface area contributed by atoms with Crippen LogP contribution in [0.1, 0.15) is 41.1 Å². The summed E-state index contributed by atoms with van der Waals surface area (Å²) in [5, 5.41) is 24.6. The van der Waals surface area contributed by atoms with Gasteiger partial charge in [-0.3, -0.25) is 0 Å². The van der Waals surface area contributed by atoms with Crippen molar-refractivity contribution < 1.29 is 29.2 Å². The summed E-state index contributed by atoms with van der Waals surface area (Å²) in [5.41, 5.74) is 6.45. The SMILES string of the molecule is O=C(NCc1cccc(-c2cccc(C3OC(CSCCO)CC(c4ccc(CO)cc4)O3)c2)c1)Nc1ccc(Oc2ccccc2)cc1. The lowest BCUT2D eigenvalue weighted by Gasteiger charge is -2.36. The summed E-state index contributed by atoms with van der Waals surface area (Å²) >= 11 is 1.67. The number of hydrogen-bond donors (Lipinski definition) is 4. The van der Waals surface area contributed by atoms with Crippen molar-refractivity contribution in [1.29, 1.82) is 0 Å². The van der Waals surface area contributed by atoms with Crippen molar-refractivity contribution in [2.45, 2.75) is 38.1 Å². The summed E-state index contributed by atoms with van der Waals surface area (Å²) in [5.74, 6) is 2.84. The quantitative estimate of drug-likeness (QED) is 0.0931. The zero-order valence-electron chi connectivity index (χ0n) is 27.0. The number of urea groups is 1. The lowest BCUT2D eigenvalue weighted by molar-refractivity contribution is -0.245. The van der Waals surface area contributed by atoms with Crippen molar-refractivity contribution >= 4 is 23.5 Å². The number of rotatable bonds is 13. The van der Waals surface area contributed by atoms with Gasteiger partial charge < -0.3 is 35.1 Å². The number of aliphatic hydroxyl groups is 2. The lowest BCUT2D eigenvalue weighted by atomic mass is 9.99. The molecule has 8 nitrogen and oxygen atoms in total. The molecular formula is C40H40N2O6S. The van der Waals surface area contributed by atoms with Gasteiger partial charge in [-0.05, 0) is 76.3 Å². The van der Waals surface area contributed by atoms with E-state index in [4.69, 9.17) is 14.2 Å². The van der Waals surface area contributed by atoms with Crippen molar-refractivity contribution in [3.8, 4) is 22.6 Å². The maximum atomic E-state index is 12.7. The number of amides is 2. The Morgan fingerprint density at radius 1 is 0.755 bits per heavy atom. The molecule has 49 heavy (non-hydrogen) atoms. The molecule has 9 heteroatoms. The molecule has 1 fully saturated rings. The van der Waals surface area contributed by atoms with Crippen molar-refractivity contribution in [1.82, 2.24) is 5.32 Å². The van der Waals surface area contributed by atoms with Crippen LogP contribution in [0, 0.1) is 0 Å². The van der Waals surface area contributed by atoms with Crippen molar-refractivity contribution in [3.05, 3.63) is 150 Å². The van der Waals surface area contributed by atoms with Crippen LogP contribution < -0.4 is 15.4 Å². The number of anilines is 1. The van der Waals surface area contributed by atoms with Gasteiger partial charge in [0.25, 0.3) is 0 Å². The second-order valence-electron chi connectivity index (χ2n) is 11.7. The number of aliphatic hydroxyl groups excluding tert-OH is 2. The molecule has 1 aliphatic rings. The minimum atomic E-state index is -0.566. The van der Waals surface area contributed by atoms with E-state index < -0.39 is 6.29 Å². The van der Waals surface area contributed by atoms with E-state index in [1.807, 2.05) is 97.1 Å². The second-order valence-corrected chi connectivity index (χ2v) is 12.9. The van der Waals surface area contributed by atoms with Gasteiger partial charge in [0.15, 0.2) is 6.29 Å². The maximum Gasteiger partial charge on any atom is 0.319 e. The summed E-state index contributed by atoms with van der Waals surface area (Å²) in [7, 11) is 0.